The number of carbonyl (C=O) groups is 2. The van der Waals surface area contributed by atoms with Crippen LogP contribution in [0.3, 0.4) is 0 Å². The van der Waals surface area contributed by atoms with Gasteiger partial charge in [-0.1, -0.05) is 12.1 Å². The quantitative estimate of drug-likeness (QED) is 0.855. The lowest BCUT2D eigenvalue weighted by Gasteiger charge is -2.11. The maximum absolute atomic E-state index is 13.5. The van der Waals surface area contributed by atoms with Gasteiger partial charge < -0.3 is 15.4 Å². The molecule has 0 unspecified atom stereocenters. The van der Waals surface area contributed by atoms with E-state index >= 15 is 0 Å². The number of hydrogen-bond donors (Lipinski definition) is 2. The fourth-order valence-electron chi connectivity index (χ4n) is 1.89. The Bertz CT molecular complexity index is 743. The van der Waals surface area contributed by atoms with Crippen LogP contribution in [-0.4, -0.2) is 18.9 Å². The number of carbonyl (C=O) groups excluding carboxylic acids is 2. The summed E-state index contributed by atoms with van der Waals surface area (Å²) < 4.78 is 32.0. The van der Waals surface area contributed by atoms with E-state index in [1.54, 1.807) is 25.1 Å². The number of halogens is 2. The van der Waals surface area contributed by atoms with Crippen LogP contribution in [-0.2, 0) is 9.59 Å². The van der Waals surface area contributed by atoms with Gasteiger partial charge in [0.25, 0.3) is 0 Å². The van der Waals surface area contributed by atoms with Crippen molar-refractivity contribution in [1.29, 1.82) is 0 Å². The minimum absolute atomic E-state index is 0.279. The van der Waals surface area contributed by atoms with Gasteiger partial charge in [0, 0.05) is 0 Å². The van der Waals surface area contributed by atoms with E-state index in [-0.39, 0.29) is 5.69 Å². The van der Waals surface area contributed by atoms with Gasteiger partial charge in [0.15, 0.2) is 0 Å². The van der Waals surface area contributed by atoms with Crippen molar-refractivity contribution in [3.05, 3.63) is 53.6 Å². The van der Waals surface area contributed by atoms with Gasteiger partial charge in [-0.05, 0) is 36.8 Å². The summed E-state index contributed by atoms with van der Waals surface area (Å²) in [5.41, 5.74) is 0.437. The van der Waals surface area contributed by atoms with E-state index in [9.17, 15) is 18.4 Å². The number of anilines is 2. The summed E-state index contributed by atoms with van der Waals surface area (Å²) in [6, 6.07) is 8.09. The zero-order valence-corrected chi connectivity index (χ0v) is 12.4. The smallest absolute Gasteiger partial charge is 0.314 e. The number of ether oxygens (including phenoxy) is 1. The first-order valence-electron chi connectivity index (χ1n) is 6.63. The summed E-state index contributed by atoms with van der Waals surface area (Å²) >= 11 is 0. The Kier molecular flexibility index (Phi) is 4.90. The Hall–Kier alpha value is -2.96. The van der Waals surface area contributed by atoms with Crippen LogP contribution in [0.4, 0.5) is 20.2 Å². The highest BCUT2D eigenvalue weighted by molar-refractivity contribution is 6.43. The average molecular weight is 320 g/mol. The number of aryl methyl sites for hydroxylation is 1. The molecule has 2 aromatic carbocycles. The largest absolute Gasteiger partial charge is 0.495 e. The molecule has 0 heterocycles. The van der Waals surface area contributed by atoms with Crippen LogP contribution in [0.25, 0.3) is 0 Å². The Morgan fingerprint density at radius 1 is 1.00 bits per heavy atom. The summed E-state index contributed by atoms with van der Waals surface area (Å²) in [5.74, 6) is -3.86. The minimum Gasteiger partial charge on any atom is -0.495 e. The zero-order chi connectivity index (χ0) is 17.0. The standard InChI is InChI=1S/C16H14F2N2O3/c1-9-6-7-13(23-2)12(8-9)19-15(21)16(22)20-14-10(17)4-3-5-11(14)18/h3-8H,1-2H3,(H,19,21)(H,20,22). The third-order valence-electron chi connectivity index (χ3n) is 3.01. The molecule has 120 valence electrons. The van der Waals surface area contributed by atoms with E-state index in [2.05, 4.69) is 5.32 Å². The number of amides is 2. The number of nitrogens with one attached hydrogen (secondary N) is 2. The van der Waals surface area contributed by atoms with Gasteiger partial charge in [-0.15, -0.1) is 0 Å². The van der Waals surface area contributed by atoms with Crippen LogP contribution in [0, 0.1) is 18.6 Å². The van der Waals surface area contributed by atoms with Crippen molar-refractivity contribution in [1.82, 2.24) is 0 Å². The number of hydrogen-bond acceptors (Lipinski definition) is 3. The molecule has 0 saturated carbocycles. The van der Waals surface area contributed by atoms with E-state index in [1.165, 1.54) is 7.11 Å². The maximum atomic E-state index is 13.5. The number of rotatable bonds is 3. The molecule has 0 atom stereocenters. The maximum Gasteiger partial charge on any atom is 0.314 e. The van der Waals surface area contributed by atoms with E-state index in [1.807, 2.05) is 5.32 Å². The average Bonchev–Trinajstić information content (AvgIpc) is 2.51. The normalized spacial score (nSPS) is 10.1. The molecule has 0 fully saturated rings. The summed E-state index contributed by atoms with van der Waals surface area (Å²) in [6.07, 6.45) is 0. The topological polar surface area (TPSA) is 67.4 Å². The van der Waals surface area contributed by atoms with Crippen molar-refractivity contribution in [3.8, 4) is 5.75 Å². The van der Waals surface area contributed by atoms with Crippen LogP contribution in [0.5, 0.6) is 5.75 Å². The van der Waals surface area contributed by atoms with E-state index < -0.39 is 29.1 Å². The van der Waals surface area contributed by atoms with Gasteiger partial charge in [-0.2, -0.15) is 0 Å². The SMILES string of the molecule is COc1ccc(C)cc1NC(=O)C(=O)Nc1c(F)cccc1F. The molecule has 0 bridgehead atoms. The molecule has 0 aliphatic carbocycles. The highest BCUT2D eigenvalue weighted by atomic mass is 19.1. The Labute approximate surface area is 131 Å². The minimum atomic E-state index is -1.20. The van der Waals surface area contributed by atoms with Gasteiger partial charge in [0.1, 0.15) is 23.1 Å². The highest BCUT2D eigenvalue weighted by Crippen LogP contribution is 2.25. The van der Waals surface area contributed by atoms with E-state index in [4.69, 9.17) is 4.74 Å². The van der Waals surface area contributed by atoms with Gasteiger partial charge in [-0.25, -0.2) is 8.78 Å². The predicted octanol–water partition coefficient (Wildman–Crippen LogP) is 2.86. The van der Waals surface area contributed by atoms with Crippen molar-refractivity contribution < 1.29 is 23.1 Å². The fourth-order valence-corrected chi connectivity index (χ4v) is 1.89. The molecule has 0 saturated heterocycles. The molecular weight excluding hydrogens is 306 g/mol. The summed E-state index contributed by atoms with van der Waals surface area (Å²) in [7, 11) is 1.41. The molecule has 0 aliphatic rings. The molecular formula is C16H14F2N2O3. The highest BCUT2D eigenvalue weighted by Gasteiger charge is 2.19. The first-order chi connectivity index (χ1) is 10.9. The molecule has 0 radical (unpaired) electrons. The molecule has 2 N–H and O–H groups in total. The lowest BCUT2D eigenvalue weighted by atomic mass is 10.2. The van der Waals surface area contributed by atoms with Gasteiger partial charge >= 0.3 is 11.8 Å². The third-order valence-corrected chi connectivity index (χ3v) is 3.01. The second kappa shape index (κ2) is 6.87. The molecule has 23 heavy (non-hydrogen) atoms. The van der Waals surface area contributed by atoms with Crippen LogP contribution in [0.15, 0.2) is 36.4 Å². The van der Waals surface area contributed by atoms with Crippen LogP contribution in [0.2, 0.25) is 0 Å². The summed E-state index contributed by atoms with van der Waals surface area (Å²) in [4.78, 5) is 23.7. The van der Waals surface area contributed by atoms with Crippen molar-refractivity contribution >= 4 is 23.2 Å². The summed E-state index contributed by atoms with van der Waals surface area (Å²) in [6.45, 7) is 1.80. The Balaban J connectivity index is 2.15. The second-order valence-electron chi connectivity index (χ2n) is 4.71. The monoisotopic (exact) mass is 320 g/mol. The van der Waals surface area contributed by atoms with E-state index in [0.29, 0.717) is 5.75 Å². The van der Waals surface area contributed by atoms with Crippen molar-refractivity contribution in [2.24, 2.45) is 0 Å². The van der Waals surface area contributed by atoms with Crippen molar-refractivity contribution in [2.45, 2.75) is 6.92 Å². The second-order valence-corrected chi connectivity index (χ2v) is 4.71. The summed E-state index contributed by atoms with van der Waals surface area (Å²) in [5, 5.41) is 4.25. The first kappa shape index (κ1) is 16.4. The molecule has 2 amide bonds. The number of benzene rings is 2. The Morgan fingerprint density at radius 3 is 2.22 bits per heavy atom. The van der Waals surface area contributed by atoms with Gasteiger partial charge in [0.2, 0.25) is 0 Å². The van der Waals surface area contributed by atoms with Crippen LogP contribution in [0.1, 0.15) is 5.56 Å². The van der Waals surface area contributed by atoms with Crippen LogP contribution < -0.4 is 15.4 Å². The zero-order valence-electron chi connectivity index (χ0n) is 12.4. The van der Waals surface area contributed by atoms with Crippen molar-refractivity contribution in [3.63, 3.8) is 0 Å². The fraction of sp³-hybridized carbons (Fsp3) is 0.125. The Morgan fingerprint density at radius 2 is 1.61 bits per heavy atom. The first-order valence-corrected chi connectivity index (χ1v) is 6.63. The van der Waals surface area contributed by atoms with Crippen molar-refractivity contribution in [2.75, 3.05) is 17.7 Å². The van der Waals surface area contributed by atoms with E-state index in [0.717, 1.165) is 23.8 Å². The predicted molar refractivity (Wildman–Crippen MR) is 81.3 cm³/mol. The molecule has 7 heteroatoms. The van der Waals surface area contributed by atoms with Gasteiger partial charge in [-0.3, -0.25) is 9.59 Å². The van der Waals surface area contributed by atoms with Crippen LogP contribution >= 0.6 is 0 Å². The molecule has 5 nitrogen and oxygen atoms in total. The molecule has 0 aromatic heterocycles. The number of para-hydroxylation sites is 1. The van der Waals surface area contributed by atoms with Gasteiger partial charge in [0.05, 0.1) is 12.8 Å². The molecule has 0 spiro atoms. The third kappa shape index (κ3) is 3.82. The lowest BCUT2D eigenvalue weighted by molar-refractivity contribution is -0.133. The lowest BCUT2D eigenvalue weighted by Crippen LogP contribution is -2.30. The number of methoxy groups -OCH3 is 1. The molecule has 2 rings (SSSR count). The molecule has 0 aliphatic heterocycles. The molecule has 2 aromatic rings.